The molecule has 172 valence electrons. The van der Waals surface area contributed by atoms with Crippen molar-refractivity contribution in [1.29, 1.82) is 0 Å². The fourth-order valence-corrected chi connectivity index (χ4v) is 3.61. The first-order valence-electron chi connectivity index (χ1n) is 10.8. The Morgan fingerprint density at radius 3 is 2.52 bits per heavy atom. The number of allylic oxidation sites excluding steroid dienone is 1. The number of aliphatic hydroxyl groups is 2. The molecule has 31 heavy (non-hydrogen) atoms. The lowest BCUT2D eigenvalue weighted by molar-refractivity contribution is -0.134. The Morgan fingerprint density at radius 1 is 1.19 bits per heavy atom. The van der Waals surface area contributed by atoms with Gasteiger partial charge in [-0.05, 0) is 43.9 Å². The quantitative estimate of drug-likeness (QED) is 0.293. The summed E-state index contributed by atoms with van der Waals surface area (Å²) >= 11 is 0. The average Bonchev–Trinajstić information content (AvgIpc) is 3.00. The highest BCUT2D eigenvalue weighted by Gasteiger charge is 2.41. The van der Waals surface area contributed by atoms with Gasteiger partial charge in [-0.2, -0.15) is 0 Å². The van der Waals surface area contributed by atoms with Gasteiger partial charge in [-0.15, -0.1) is 0 Å². The maximum atomic E-state index is 12.5. The number of ketones is 1. The normalized spacial score (nSPS) is 20.4. The van der Waals surface area contributed by atoms with Crippen molar-refractivity contribution in [1.82, 2.24) is 0 Å². The van der Waals surface area contributed by atoms with E-state index < -0.39 is 24.0 Å². The second kappa shape index (κ2) is 14.5. The largest absolute Gasteiger partial charge is 0.481 e. The van der Waals surface area contributed by atoms with Crippen molar-refractivity contribution in [2.24, 2.45) is 5.92 Å². The minimum absolute atomic E-state index is 0.00102. The summed E-state index contributed by atoms with van der Waals surface area (Å²) in [6.07, 6.45) is 8.24. The van der Waals surface area contributed by atoms with Gasteiger partial charge in [-0.1, -0.05) is 37.1 Å². The maximum Gasteiger partial charge on any atom is 0.338 e. The first kappa shape index (κ1) is 26.5. The van der Waals surface area contributed by atoms with Crippen LogP contribution in [0.5, 0.6) is 0 Å². The van der Waals surface area contributed by atoms with Crippen molar-refractivity contribution in [3.63, 3.8) is 0 Å². The molecular formula is C24H34O7. The zero-order chi connectivity index (χ0) is 23.2. The van der Waals surface area contributed by atoms with Crippen LogP contribution in [0.4, 0.5) is 0 Å². The van der Waals surface area contributed by atoms with Crippen LogP contribution in [-0.4, -0.2) is 52.4 Å². The maximum absolute atomic E-state index is 12.5. The predicted molar refractivity (Wildman–Crippen MR) is 117 cm³/mol. The number of carbonyl (C=O) groups is 3. The second-order valence-corrected chi connectivity index (χ2v) is 7.51. The summed E-state index contributed by atoms with van der Waals surface area (Å²) in [6.45, 7) is 3.37. The fourth-order valence-electron chi connectivity index (χ4n) is 3.61. The van der Waals surface area contributed by atoms with Crippen LogP contribution >= 0.6 is 0 Å². The van der Waals surface area contributed by atoms with E-state index in [4.69, 9.17) is 19.7 Å². The molecule has 1 saturated carbocycles. The molecule has 1 aliphatic carbocycles. The highest BCUT2D eigenvalue weighted by molar-refractivity contribution is 5.92. The summed E-state index contributed by atoms with van der Waals surface area (Å²) in [5.41, 5.74) is 1.18. The van der Waals surface area contributed by atoms with E-state index in [1.165, 1.54) is 0 Å². The van der Waals surface area contributed by atoms with Crippen LogP contribution in [0.25, 0.3) is 0 Å². The molecular weight excluding hydrogens is 400 g/mol. The molecule has 0 aliphatic heterocycles. The topological polar surface area (TPSA) is 121 Å². The number of aliphatic carboxylic acids is 1. The number of Topliss-reactive ketones (excluding diaryl/α,β-unsaturated/α-hetero) is 1. The van der Waals surface area contributed by atoms with Crippen molar-refractivity contribution >= 4 is 17.7 Å². The molecule has 0 amide bonds. The number of hydrogen-bond donors (Lipinski definition) is 3. The lowest BCUT2D eigenvalue weighted by Crippen LogP contribution is -2.17. The number of unbranched alkanes of at least 4 members (excludes halogenated alkanes) is 4. The molecule has 0 saturated heterocycles. The molecule has 3 atom stereocenters. The van der Waals surface area contributed by atoms with Crippen LogP contribution in [0.2, 0.25) is 0 Å². The third-order valence-corrected chi connectivity index (χ3v) is 4.98. The van der Waals surface area contributed by atoms with E-state index in [-0.39, 0.29) is 24.7 Å². The number of carboxylic acids is 1. The van der Waals surface area contributed by atoms with Crippen molar-refractivity contribution in [3.8, 4) is 0 Å². The summed E-state index contributed by atoms with van der Waals surface area (Å²) in [7, 11) is 0. The summed E-state index contributed by atoms with van der Waals surface area (Å²) in [5, 5.41) is 26.5. The monoisotopic (exact) mass is 434 g/mol. The molecule has 0 radical (unpaired) electrons. The molecule has 1 aromatic carbocycles. The van der Waals surface area contributed by atoms with Gasteiger partial charge in [0, 0.05) is 25.9 Å². The van der Waals surface area contributed by atoms with Crippen LogP contribution in [0, 0.1) is 5.92 Å². The van der Waals surface area contributed by atoms with E-state index in [1.807, 2.05) is 18.2 Å². The molecule has 7 heteroatoms. The van der Waals surface area contributed by atoms with E-state index in [1.54, 1.807) is 25.1 Å². The lowest BCUT2D eigenvalue weighted by Gasteiger charge is -2.18. The third-order valence-electron chi connectivity index (χ3n) is 4.98. The van der Waals surface area contributed by atoms with Crippen LogP contribution in [0.15, 0.2) is 36.4 Å². The van der Waals surface area contributed by atoms with Crippen molar-refractivity contribution < 1.29 is 34.4 Å². The van der Waals surface area contributed by atoms with Crippen molar-refractivity contribution in [3.05, 3.63) is 47.5 Å². The fraction of sp³-hybridized carbons (Fsp3) is 0.542. The molecule has 0 heterocycles. The minimum atomic E-state index is -0.833. The summed E-state index contributed by atoms with van der Waals surface area (Å²) < 4.78 is 5.04. The summed E-state index contributed by atoms with van der Waals surface area (Å²) in [4.78, 5) is 33.4. The van der Waals surface area contributed by atoms with Gasteiger partial charge in [0.2, 0.25) is 0 Å². The van der Waals surface area contributed by atoms with Crippen molar-refractivity contribution in [2.45, 2.75) is 64.4 Å². The molecule has 1 aliphatic rings. The number of hydrogen-bond acceptors (Lipinski definition) is 6. The van der Waals surface area contributed by atoms with E-state index in [0.717, 1.165) is 44.6 Å². The zero-order valence-electron chi connectivity index (χ0n) is 18.3. The number of benzene rings is 1. The number of carbonyl (C=O) groups excluding carboxylic acids is 2. The summed E-state index contributed by atoms with van der Waals surface area (Å²) in [6, 6.07) is 6.96. The Kier molecular flexibility index (Phi) is 12.4. The van der Waals surface area contributed by atoms with Gasteiger partial charge in [-0.25, -0.2) is 4.79 Å². The highest BCUT2D eigenvalue weighted by Crippen LogP contribution is 2.38. The van der Waals surface area contributed by atoms with Gasteiger partial charge >= 0.3 is 5.97 Å². The molecule has 2 rings (SSSR count). The van der Waals surface area contributed by atoms with Gasteiger partial charge in [0.05, 0.1) is 24.2 Å². The molecule has 0 aromatic heterocycles. The van der Waals surface area contributed by atoms with Gasteiger partial charge in [-0.3, -0.25) is 9.59 Å². The van der Waals surface area contributed by atoms with Crippen LogP contribution < -0.4 is 0 Å². The first-order chi connectivity index (χ1) is 14.8. The molecule has 0 unspecified atom stereocenters. The molecule has 7 nitrogen and oxygen atoms in total. The molecule has 0 bridgehead atoms. The number of carboxylic acid groups (broad SMARTS) is 1. The van der Waals surface area contributed by atoms with Gasteiger partial charge in [0.1, 0.15) is 5.78 Å². The Labute approximate surface area is 183 Å². The molecule has 3 N–H and O–H groups in total. The Balaban J connectivity index is 0.00000110. The molecule has 0 spiro atoms. The lowest BCUT2D eigenvalue weighted by atomic mass is 9.86. The number of rotatable bonds is 10. The Hall–Kier alpha value is -2.51. The van der Waals surface area contributed by atoms with Gasteiger partial charge in [0.15, 0.2) is 0 Å². The minimum Gasteiger partial charge on any atom is -0.481 e. The van der Waals surface area contributed by atoms with Crippen LogP contribution in [0.1, 0.15) is 74.2 Å². The van der Waals surface area contributed by atoms with Crippen molar-refractivity contribution in [2.75, 3.05) is 13.2 Å². The Morgan fingerprint density at radius 2 is 1.87 bits per heavy atom. The third kappa shape index (κ3) is 9.44. The van der Waals surface area contributed by atoms with Gasteiger partial charge in [0.25, 0.3) is 5.97 Å². The Bertz CT molecular complexity index is 737. The SMILES string of the molecule is CC(=O)O.CCOC(=O)c1cccc([C@@H]2C(=O)C[C@H](O)[C@@H]2/C=C/CCCCCCO)c1. The van der Waals surface area contributed by atoms with Gasteiger partial charge < -0.3 is 20.1 Å². The smallest absolute Gasteiger partial charge is 0.338 e. The van der Waals surface area contributed by atoms with E-state index in [2.05, 4.69) is 0 Å². The molecule has 1 aromatic rings. The van der Waals surface area contributed by atoms with Crippen LogP contribution in [0.3, 0.4) is 0 Å². The first-order valence-corrected chi connectivity index (χ1v) is 10.8. The number of esters is 1. The van der Waals surface area contributed by atoms with E-state index in [9.17, 15) is 14.7 Å². The highest BCUT2D eigenvalue weighted by atomic mass is 16.5. The second-order valence-electron chi connectivity index (χ2n) is 7.51. The average molecular weight is 435 g/mol. The number of aliphatic hydroxyl groups excluding tert-OH is 2. The van der Waals surface area contributed by atoms with E-state index in [0.29, 0.717) is 12.2 Å². The number of ether oxygens (including phenoxy) is 1. The van der Waals surface area contributed by atoms with E-state index >= 15 is 0 Å². The predicted octanol–water partition coefficient (Wildman–Crippen LogP) is 3.49. The van der Waals surface area contributed by atoms with Crippen LogP contribution in [-0.2, 0) is 14.3 Å². The summed E-state index contributed by atoms with van der Waals surface area (Å²) in [5.74, 6) is -1.94. The zero-order valence-corrected chi connectivity index (χ0v) is 18.3. The molecule has 1 fully saturated rings. The standard InChI is InChI=1S/C22H30O5.C2H4O2/c1-2-27-22(26)17-11-9-10-16(14-17)21-18(19(24)15-20(21)25)12-7-5-3-4-6-8-13-23;1-2(3)4/h7,9-12,14,18-19,21,23-24H,2-6,8,13,15H2,1H3;1H3,(H,3,4)/b12-7+;/t18-,19-,21-;/m0./s1.